The molecule has 2 nitrogen and oxygen atoms in total. The van der Waals surface area contributed by atoms with Gasteiger partial charge >= 0.3 is 0 Å². The molecule has 1 aromatic rings. The highest BCUT2D eigenvalue weighted by Gasteiger charge is 2.48. The van der Waals surface area contributed by atoms with Crippen LogP contribution >= 0.6 is 11.8 Å². The van der Waals surface area contributed by atoms with Gasteiger partial charge in [-0.05, 0) is 67.4 Å². The molecule has 1 aromatic heterocycles. The molecule has 3 heteroatoms. The number of thioether (sulfide) groups is 1. The Morgan fingerprint density at radius 2 is 1.79 bits per heavy atom. The number of hydrogen-bond acceptors (Lipinski definition) is 3. The third-order valence-corrected chi connectivity index (χ3v) is 7.09. The van der Waals surface area contributed by atoms with Gasteiger partial charge in [0.05, 0.1) is 0 Å². The Kier molecular flexibility index (Phi) is 3.07. The average Bonchev–Trinajstić information content (AvgIpc) is 2.42. The summed E-state index contributed by atoms with van der Waals surface area (Å²) in [4.78, 5) is 4.58. The second kappa shape index (κ2) is 4.78. The Labute approximate surface area is 119 Å². The highest BCUT2D eigenvalue weighted by atomic mass is 32.2. The first-order chi connectivity index (χ1) is 9.33. The summed E-state index contributed by atoms with van der Waals surface area (Å²) >= 11 is 2.04. The molecule has 0 atom stereocenters. The van der Waals surface area contributed by atoms with Crippen molar-refractivity contribution in [1.82, 2.24) is 4.98 Å². The van der Waals surface area contributed by atoms with E-state index in [1.54, 1.807) is 0 Å². The molecule has 4 aliphatic rings. The van der Waals surface area contributed by atoms with E-state index in [1.807, 2.05) is 24.0 Å². The van der Waals surface area contributed by atoms with E-state index < -0.39 is 0 Å². The molecule has 0 amide bonds. The minimum Gasteiger partial charge on any atom is -0.326 e. The fourth-order valence-electron chi connectivity index (χ4n) is 4.88. The Morgan fingerprint density at radius 3 is 2.42 bits per heavy atom. The van der Waals surface area contributed by atoms with Crippen molar-refractivity contribution in [2.24, 2.45) is 29.4 Å². The van der Waals surface area contributed by atoms with Gasteiger partial charge in [0.1, 0.15) is 5.03 Å². The summed E-state index contributed by atoms with van der Waals surface area (Å²) in [6, 6.07) is 4.13. The van der Waals surface area contributed by atoms with Gasteiger partial charge in [-0.25, -0.2) is 4.98 Å². The van der Waals surface area contributed by atoms with Crippen molar-refractivity contribution in [3.05, 3.63) is 23.9 Å². The third kappa shape index (κ3) is 2.11. The molecule has 2 N–H and O–H groups in total. The summed E-state index contributed by atoms with van der Waals surface area (Å²) < 4.78 is 0. The van der Waals surface area contributed by atoms with Crippen molar-refractivity contribution < 1.29 is 0 Å². The molecule has 4 saturated carbocycles. The first kappa shape index (κ1) is 12.2. The van der Waals surface area contributed by atoms with Crippen LogP contribution in [0, 0.1) is 23.7 Å². The summed E-state index contributed by atoms with van der Waals surface area (Å²) in [7, 11) is 0. The van der Waals surface area contributed by atoms with E-state index in [1.165, 1.54) is 42.7 Å². The number of pyridine rings is 1. The molecule has 0 aliphatic heterocycles. The Morgan fingerprint density at radius 1 is 1.11 bits per heavy atom. The van der Waals surface area contributed by atoms with Crippen LogP contribution < -0.4 is 5.73 Å². The van der Waals surface area contributed by atoms with E-state index in [0.717, 1.165) is 28.9 Å². The van der Waals surface area contributed by atoms with Crippen molar-refractivity contribution in [3.63, 3.8) is 0 Å². The SMILES string of the molecule is NCc1cccnc1SC1C2CC3CC(C2)CC1C3. The minimum absolute atomic E-state index is 0.615. The Balaban J connectivity index is 1.57. The lowest BCUT2D eigenvalue weighted by Gasteiger charge is -2.54. The van der Waals surface area contributed by atoms with Gasteiger partial charge < -0.3 is 5.73 Å². The van der Waals surface area contributed by atoms with Crippen LogP contribution in [0.15, 0.2) is 23.4 Å². The summed E-state index contributed by atoms with van der Waals surface area (Å²) in [5.41, 5.74) is 7.07. The van der Waals surface area contributed by atoms with Crippen LogP contribution in [-0.2, 0) is 6.54 Å². The van der Waals surface area contributed by atoms with Crippen molar-refractivity contribution in [2.45, 2.75) is 48.9 Å². The number of rotatable bonds is 3. The lowest BCUT2D eigenvalue weighted by molar-refractivity contribution is 0.0267. The van der Waals surface area contributed by atoms with Crippen molar-refractivity contribution in [3.8, 4) is 0 Å². The van der Waals surface area contributed by atoms with Crippen LogP contribution in [0.25, 0.3) is 0 Å². The minimum atomic E-state index is 0.615. The average molecular weight is 274 g/mol. The second-order valence-electron chi connectivity index (χ2n) is 6.68. The fourth-order valence-corrected chi connectivity index (χ4v) is 6.39. The highest BCUT2D eigenvalue weighted by molar-refractivity contribution is 7.99. The monoisotopic (exact) mass is 274 g/mol. The smallest absolute Gasteiger partial charge is 0.101 e. The van der Waals surface area contributed by atoms with Gasteiger partial charge in [-0.2, -0.15) is 0 Å². The molecule has 0 spiro atoms. The molecule has 4 fully saturated rings. The van der Waals surface area contributed by atoms with Gasteiger partial charge in [0.2, 0.25) is 0 Å². The normalized spacial score (nSPS) is 39.7. The van der Waals surface area contributed by atoms with E-state index in [2.05, 4.69) is 11.1 Å². The lowest BCUT2D eigenvalue weighted by Crippen LogP contribution is -2.46. The zero-order chi connectivity index (χ0) is 12.8. The predicted octanol–water partition coefficient (Wildman–Crippen LogP) is 3.46. The maximum atomic E-state index is 5.85. The Bertz CT molecular complexity index is 446. The first-order valence-electron chi connectivity index (χ1n) is 7.64. The maximum absolute atomic E-state index is 5.85. The van der Waals surface area contributed by atoms with E-state index in [9.17, 15) is 0 Å². The molecule has 4 aliphatic carbocycles. The zero-order valence-electron chi connectivity index (χ0n) is 11.3. The maximum Gasteiger partial charge on any atom is 0.101 e. The fraction of sp³-hybridized carbons (Fsp3) is 0.688. The molecule has 0 radical (unpaired) electrons. The van der Waals surface area contributed by atoms with Crippen LogP contribution in [0.3, 0.4) is 0 Å². The molecule has 0 aromatic carbocycles. The zero-order valence-corrected chi connectivity index (χ0v) is 12.1. The third-order valence-electron chi connectivity index (χ3n) is 5.46. The quantitative estimate of drug-likeness (QED) is 0.917. The number of nitrogens with two attached hydrogens (primary N) is 1. The second-order valence-corrected chi connectivity index (χ2v) is 7.85. The van der Waals surface area contributed by atoms with Crippen molar-refractivity contribution >= 4 is 11.8 Å². The largest absolute Gasteiger partial charge is 0.326 e. The van der Waals surface area contributed by atoms with Crippen LogP contribution in [-0.4, -0.2) is 10.2 Å². The molecule has 4 bridgehead atoms. The molecular weight excluding hydrogens is 252 g/mol. The van der Waals surface area contributed by atoms with Gasteiger partial charge in [-0.15, -0.1) is 11.8 Å². The summed E-state index contributed by atoms with van der Waals surface area (Å²) in [5, 5.41) is 2.01. The summed E-state index contributed by atoms with van der Waals surface area (Å²) in [6.07, 6.45) is 9.37. The van der Waals surface area contributed by atoms with Gasteiger partial charge in [0, 0.05) is 18.0 Å². The topological polar surface area (TPSA) is 38.9 Å². The highest BCUT2D eigenvalue weighted by Crippen LogP contribution is 2.57. The number of hydrogen-bond donors (Lipinski definition) is 1. The number of aromatic nitrogens is 1. The van der Waals surface area contributed by atoms with Crippen LogP contribution in [0.1, 0.15) is 37.7 Å². The molecule has 102 valence electrons. The van der Waals surface area contributed by atoms with Gasteiger partial charge in [-0.3, -0.25) is 0 Å². The van der Waals surface area contributed by atoms with Crippen LogP contribution in [0.4, 0.5) is 0 Å². The van der Waals surface area contributed by atoms with Gasteiger partial charge in [-0.1, -0.05) is 6.07 Å². The molecule has 5 rings (SSSR count). The van der Waals surface area contributed by atoms with E-state index in [-0.39, 0.29) is 0 Å². The standard InChI is InChI=1S/C16H22N2S/c17-9-12-2-1-3-18-16(12)19-15-13-5-10-4-11(7-13)8-14(15)6-10/h1-3,10-11,13-15H,4-9,17H2. The number of nitrogens with zero attached hydrogens (tertiary/aromatic N) is 1. The van der Waals surface area contributed by atoms with Crippen LogP contribution in [0.2, 0.25) is 0 Å². The van der Waals surface area contributed by atoms with Crippen molar-refractivity contribution in [2.75, 3.05) is 0 Å². The molecule has 1 heterocycles. The van der Waals surface area contributed by atoms with Gasteiger partial charge in [0.15, 0.2) is 0 Å². The van der Waals surface area contributed by atoms with E-state index >= 15 is 0 Å². The first-order valence-corrected chi connectivity index (χ1v) is 8.52. The lowest BCUT2D eigenvalue weighted by atomic mass is 9.56. The van der Waals surface area contributed by atoms with Gasteiger partial charge in [0.25, 0.3) is 0 Å². The van der Waals surface area contributed by atoms with Crippen LogP contribution in [0.5, 0.6) is 0 Å². The van der Waals surface area contributed by atoms with E-state index in [4.69, 9.17) is 5.73 Å². The Hall–Kier alpha value is -0.540. The summed E-state index contributed by atoms with van der Waals surface area (Å²) in [6.45, 7) is 0.615. The molecule has 19 heavy (non-hydrogen) atoms. The predicted molar refractivity (Wildman–Crippen MR) is 78.8 cm³/mol. The molecule has 0 unspecified atom stereocenters. The summed E-state index contributed by atoms with van der Waals surface area (Å²) in [5.74, 6) is 4.01. The van der Waals surface area contributed by atoms with E-state index in [0.29, 0.717) is 6.54 Å². The molecule has 0 saturated heterocycles. The van der Waals surface area contributed by atoms with Crippen molar-refractivity contribution in [1.29, 1.82) is 0 Å². The molecular formula is C16H22N2S.